The zero-order valence-corrected chi connectivity index (χ0v) is 15.6. The summed E-state index contributed by atoms with van der Waals surface area (Å²) in [5, 5.41) is 2.77. The maximum Gasteiger partial charge on any atom is 0.274 e. The van der Waals surface area contributed by atoms with Crippen LogP contribution < -0.4 is 5.32 Å². The Labute approximate surface area is 161 Å². The predicted octanol–water partition coefficient (Wildman–Crippen LogP) is 4.75. The van der Waals surface area contributed by atoms with Crippen LogP contribution in [0, 0.1) is 12.7 Å². The SMILES string of the molecule is Cc1nccc(C(=O)Nc2ccc3oc(-c4cc(F)ccc4Br)nc3c2)n1. The second-order valence-electron chi connectivity index (χ2n) is 5.77. The van der Waals surface area contributed by atoms with Crippen molar-refractivity contribution in [3.05, 3.63) is 70.5 Å². The van der Waals surface area contributed by atoms with E-state index in [9.17, 15) is 9.18 Å². The Kier molecular flexibility index (Phi) is 4.41. The van der Waals surface area contributed by atoms with Crippen molar-refractivity contribution in [1.29, 1.82) is 0 Å². The molecule has 134 valence electrons. The normalized spacial score (nSPS) is 10.9. The summed E-state index contributed by atoms with van der Waals surface area (Å²) in [5.74, 6) is 0.0613. The number of oxazole rings is 1. The van der Waals surface area contributed by atoms with E-state index in [0.717, 1.165) is 0 Å². The molecule has 1 amide bonds. The van der Waals surface area contributed by atoms with Crippen LogP contribution >= 0.6 is 15.9 Å². The van der Waals surface area contributed by atoms with E-state index in [1.54, 1.807) is 31.2 Å². The van der Waals surface area contributed by atoms with Gasteiger partial charge in [-0.05, 0) is 65.3 Å². The number of hydrogen-bond donors (Lipinski definition) is 1. The van der Waals surface area contributed by atoms with Gasteiger partial charge in [0, 0.05) is 16.4 Å². The van der Waals surface area contributed by atoms with Gasteiger partial charge in [-0.25, -0.2) is 19.3 Å². The number of hydrogen-bond acceptors (Lipinski definition) is 5. The maximum atomic E-state index is 13.5. The molecule has 1 N–H and O–H groups in total. The van der Waals surface area contributed by atoms with Gasteiger partial charge in [-0.3, -0.25) is 4.79 Å². The molecule has 6 nitrogen and oxygen atoms in total. The molecule has 2 heterocycles. The molecule has 27 heavy (non-hydrogen) atoms. The number of halogens is 2. The Hall–Kier alpha value is -3.13. The van der Waals surface area contributed by atoms with Gasteiger partial charge in [0.05, 0.1) is 5.56 Å². The largest absolute Gasteiger partial charge is 0.436 e. The molecule has 0 atom stereocenters. The molecule has 0 saturated heterocycles. The Morgan fingerprint density at radius 3 is 2.81 bits per heavy atom. The highest BCUT2D eigenvalue weighted by atomic mass is 79.9. The van der Waals surface area contributed by atoms with Crippen molar-refractivity contribution in [2.75, 3.05) is 5.32 Å². The van der Waals surface area contributed by atoms with Gasteiger partial charge in [0.15, 0.2) is 5.58 Å². The first-order valence-corrected chi connectivity index (χ1v) is 8.76. The van der Waals surface area contributed by atoms with Gasteiger partial charge < -0.3 is 9.73 Å². The summed E-state index contributed by atoms with van der Waals surface area (Å²) >= 11 is 3.37. The van der Waals surface area contributed by atoms with E-state index in [-0.39, 0.29) is 23.3 Å². The van der Waals surface area contributed by atoms with Gasteiger partial charge in [0.2, 0.25) is 5.89 Å². The van der Waals surface area contributed by atoms with Crippen molar-refractivity contribution in [2.24, 2.45) is 0 Å². The molecular weight excluding hydrogens is 415 g/mol. The molecule has 4 rings (SSSR count). The number of anilines is 1. The minimum absolute atomic E-state index is 0.270. The summed E-state index contributed by atoms with van der Waals surface area (Å²) in [6, 6.07) is 10.9. The number of aryl methyl sites for hydroxylation is 1. The summed E-state index contributed by atoms with van der Waals surface area (Å²) in [7, 11) is 0. The van der Waals surface area contributed by atoms with Crippen LogP contribution in [0.3, 0.4) is 0 Å². The second-order valence-corrected chi connectivity index (χ2v) is 6.62. The Morgan fingerprint density at radius 2 is 2.00 bits per heavy atom. The van der Waals surface area contributed by atoms with E-state index in [0.29, 0.717) is 32.6 Å². The lowest BCUT2D eigenvalue weighted by Crippen LogP contribution is -2.14. The van der Waals surface area contributed by atoms with E-state index >= 15 is 0 Å². The maximum absolute atomic E-state index is 13.5. The molecule has 0 fully saturated rings. The lowest BCUT2D eigenvalue weighted by atomic mass is 10.2. The fourth-order valence-electron chi connectivity index (χ4n) is 2.56. The lowest BCUT2D eigenvalue weighted by Gasteiger charge is -2.04. The minimum atomic E-state index is -0.386. The van der Waals surface area contributed by atoms with Crippen LogP contribution in [0.25, 0.3) is 22.6 Å². The van der Waals surface area contributed by atoms with Crippen molar-refractivity contribution >= 4 is 38.6 Å². The van der Waals surface area contributed by atoms with Crippen LogP contribution in [0.15, 0.2) is 57.6 Å². The number of amides is 1. The van der Waals surface area contributed by atoms with Gasteiger partial charge in [0.25, 0.3) is 5.91 Å². The van der Waals surface area contributed by atoms with Gasteiger partial charge in [-0.15, -0.1) is 0 Å². The zero-order valence-electron chi connectivity index (χ0n) is 14.0. The summed E-state index contributed by atoms with van der Waals surface area (Å²) in [4.78, 5) is 24.8. The highest BCUT2D eigenvalue weighted by Gasteiger charge is 2.14. The third-order valence-electron chi connectivity index (χ3n) is 3.81. The number of benzene rings is 2. The minimum Gasteiger partial charge on any atom is -0.436 e. The molecular formula is C19H12BrFN4O2. The monoisotopic (exact) mass is 426 g/mol. The summed E-state index contributed by atoms with van der Waals surface area (Å²) in [6.45, 7) is 1.71. The molecule has 0 aliphatic heterocycles. The van der Waals surface area contributed by atoms with E-state index in [4.69, 9.17) is 4.42 Å². The molecule has 2 aromatic carbocycles. The average molecular weight is 427 g/mol. The van der Waals surface area contributed by atoms with E-state index in [1.807, 2.05) is 0 Å². The van der Waals surface area contributed by atoms with Crippen molar-refractivity contribution < 1.29 is 13.6 Å². The Balaban J connectivity index is 1.65. The Morgan fingerprint density at radius 1 is 1.15 bits per heavy atom. The summed E-state index contributed by atoms with van der Waals surface area (Å²) in [5.41, 5.74) is 2.39. The molecule has 8 heteroatoms. The summed E-state index contributed by atoms with van der Waals surface area (Å²) in [6.07, 6.45) is 1.53. The van der Waals surface area contributed by atoms with Crippen LogP contribution in [0.1, 0.15) is 16.3 Å². The van der Waals surface area contributed by atoms with E-state index < -0.39 is 0 Å². The molecule has 4 aromatic rings. The standard InChI is InChI=1S/C19H12BrFN4O2/c1-10-22-7-6-15(23-10)18(26)24-12-3-5-17-16(9-12)25-19(27-17)13-8-11(21)2-4-14(13)20/h2-9H,1H3,(H,24,26). The molecule has 0 radical (unpaired) electrons. The first-order valence-electron chi connectivity index (χ1n) is 7.96. The first kappa shape index (κ1) is 17.3. The topological polar surface area (TPSA) is 80.9 Å². The van der Waals surface area contributed by atoms with Gasteiger partial charge in [0.1, 0.15) is 22.9 Å². The summed E-state index contributed by atoms with van der Waals surface area (Å²) < 4.78 is 19.9. The molecule has 0 aliphatic carbocycles. The van der Waals surface area contributed by atoms with Crippen LogP contribution in [-0.4, -0.2) is 20.9 Å². The smallest absolute Gasteiger partial charge is 0.274 e. The van der Waals surface area contributed by atoms with Crippen LogP contribution in [0.4, 0.5) is 10.1 Å². The third kappa shape index (κ3) is 3.56. The van der Waals surface area contributed by atoms with Crippen molar-refractivity contribution in [1.82, 2.24) is 15.0 Å². The fourth-order valence-corrected chi connectivity index (χ4v) is 2.98. The van der Waals surface area contributed by atoms with Crippen LogP contribution in [0.5, 0.6) is 0 Å². The molecule has 0 spiro atoms. The van der Waals surface area contributed by atoms with Gasteiger partial charge >= 0.3 is 0 Å². The van der Waals surface area contributed by atoms with Crippen molar-refractivity contribution in [3.63, 3.8) is 0 Å². The molecule has 0 aliphatic rings. The highest BCUT2D eigenvalue weighted by Crippen LogP contribution is 2.31. The number of carbonyl (C=O) groups excluding carboxylic acids is 1. The van der Waals surface area contributed by atoms with E-state index in [1.165, 1.54) is 24.4 Å². The van der Waals surface area contributed by atoms with Crippen molar-refractivity contribution in [2.45, 2.75) is 6.92 Å². The highest BCUT2D eigenvalue weighted by molar-refractivity contribution is 9.10. The predicted molar refractivity (Wildman–Crippen MR) is 102 cm³/mol. The van der Waals surface area contributed by atoms with Crippen LogP contribution in [0.2, 0.25) is 0 Å². The number of nitrogens with one attached hydrogen (secondary N) is 1. The number of carbonyl (C=O) groups is 1. The van der Waals surface area contributed by atoms with Gasteiger partial charge in [-0.1, -0.05) is 0 Å². The zero-order chi connectivity index (χ0) is 19.0. The lowest BCUT2D eigenvalue weighted by molar-refractivity contribution is 0.102. The van der Waals surface area contributed by atoms with Crippen molar-refractivity contribution in [3.8, 4) is 11.5 Å². The Bertz CT molecular complexity index is 1180. The van der Waals surface area contributed by atoms with Crippen LogP contribution in [-0.2, 0) is 0 Å². The van der Waals surface area contributed by atoms with Gasteiger partial charge in [-0.2, -0.15) is 0 Å². The first-order chi connectivity index (χ1) is 13.0. The molecule has 2 aromatic heterocycles. The quantitative estimate of drug-likeness (QED) is 0.511. The number of nitrogens with zero attached hydrogens (tertiary/aromatic N) is 3. The fraction of sp³-hybridized carbons (Fsp3) is 0.0526. The van der Waals surface area contributed by atoms with E-state index in [2.05, 4.69) is 36.2 Å². The number of aromatic nitrogens is 3. The number of fused-ring (bicyclic) bond motifs is 1. The molecule has 0 saturated carbocycles. The second kappa shape index (κ2) is 6.88. The molecule has 0 bridgehead atoms. The number of rotatable bonds is 3. The molecule has 0 unspecified atom stereocenters. The third-order valence-corrected chi connectivity index (χ3v) is 4.50. The average Bonchev–Trinajstić information content (AvgIpc) is 3.07.